The number of anilines is 3. The lowest BCUT2D eigenvalue weighted by Crippen LogP contribution is -2.12. The fourth-order valence-corrected chi connectivity index (χ4v) is 3.13. The summed E-state index contributed by atoms with van der Waals surface area (Å²) in [5.41, 5.74) is 4.09. The smallest absolute Gasteiger partial charge is 0.255 e. The number of hydrogen-bond donors (Lipinski definition) is 2. The van der Waals surface area contributed by atoms with Gasteiger partial charge in [0.1, 0.15) is 5.82 Å². The minimum Gasteiger partial charge on any atom is -0.324 e. The van der Waals surface area contributed by atoms with Gasteiger partial charge < -0.3 is 10.6 Å². The van der Waals surface area contributed by atoms with Crippen LogP contribution in [0, 0.1) is 12.7 Å². The Morgan fingerprint density at radius 3 is 2.42 bits per heavy atom. The van der Waals surface area contributed by atoms with Crippen LogP contribution in [0.1, 0.15) is 15.9 Å². The Kier molecular flexibility index (Phi) is 5.91. The van der Waals surface area contributed by atoms with Gasteiger partial charge >= 0.3 is 0 Å². The van der Waals surface area contributed by atoms with Crippen LogP contribution in [-0.2, 0) is 0 Å². The number of hydrogen-bond acceptors (Lipinski definition) is 4. The number of rotatable bonds is 5. The topological polar surface area (TPSA) is 66.9 Å². The Morgan fingerprint density at radius 1 is 0.903 bits per heavy atom. The summed E-state index contributed by atoms with van der Waals surface area (Å²) >= 11 is 6.12. The van der Waals surface area contributed by atoms with E-state index in [1.807, 2.05) is 19.1 Å². The summed E-state index contributed by atoms with van der Waals surface area (Å²) in [6.07, 6.45) is 3.23. The van der Waals surface area contributed by atoms with E-state index in [1.165, 1.54) is 12.1 Å². The molecule has 0 bridgehead atoms. The lowest BCUT2D eigenvalue weighted by Gasteiger charge is -2.09. The molecule has 7 heteroatoms. The van der Waals surface area contributed by atoms with E-state index in [1.54, 1.807) is 54.9 Å². The zero-order valence-corrected chi connectivity index (χ0v) is 17.3. The first-order valence-electron chi connectivity index (χ1n) is 9.50. The van der Waals surface area contributed by atoms with Gasteiger partial charge in [-0.15, -0.1) is 0 Å². The molecule has 0 saturated heterocycles. The van der Waals surface area contributed by atoms with Crippen LogP contribution in [0.15, 0.2) is 79.1 Å². The van der Waals surface area contributed by atoms with E-state index in [2.05, 4.69) is 20.6 Å². The molecule has 5 nitrogen and oxygen atoms in total. The molecule has 4 rings (SSSR count). The first-order chi connectivity index (χ1) is 15.0. The monoisotopic (exact) mass is 432 g/mol. The highest BCUT2D eigenvalue weighted by Gasteiger charge is 2.09. The van der Waals surface area contributed by atoms with Crippen LogP contribution >= 0.6 is 11.6 Å². The molecular weight excluding hydrogens is 415 g/mol. The number of nitrogens with one attached hydrogen (secondary N) is 2. The number of aryl methyl sites for hydroxylation is 1. The second-order valence-electron chi connectivity index (χ2n) is 6.93. The standard InChI is InChI=1S/C24H18ClFN4O/c1-15-8-9-21(12-22(15)25)29-23(31)17-5-3-7-20(11-17)30-24-27-13-18(14-28-24)16-4-2-6-19(26)10-16/h2-14H,1H3,(H,29,31)(H,27,28,30). The maximum Gasteiger partial charge on any atom is 0.255 e. The maximum atomic E-state index is 13.4. The molecule has 4 aromatic rings. The summed E-state index contributed by atoms with van der Waals surface area (Å²) in [4.78, 5) is 21.2. The minimum atomic E-state index is -0.317. The fourth-order valence-electron chi connectivity index (χ4n) is 2.95. The molecule has 0 aliphatic carbocycles. The molecule has 1 amide bonds. The highest BCUT2D eigenvalue weighted by Crippen LogP contribution is 2.22. The van der Waals surface area contributed by atoms with Gasteiger partial charge in [0, 0.05) is 39.9 Å². The van der Waals surface area contributed by atoms with Crippen molar-refractivity contribution in [3.05, 3.63) is 101 Å². The van der Waals surface area contributed by atoms with Gasteiger partial charge in [-0.2, -0.15) is 0 Å². The largest absolute Gasteiger partial charge is 0.324 e. The quantitative estimate of drug-likeness (QED) is 0.391. The number of carbonyl (C=O) groups is 1. The van der Waals surface area contributed by atoms with Crippen molar-refractivity contribution in [1.29, 1.82) is 0 Å². The van der Waals surface area contributed by atoms with Crippen LogP contribution in [0.2, 0.25) is 5.02 Å². The molecule has 0 saturated carbocycles. The van der Waals surface area contributed by atoms with Gasteiger partial charge in [-0.25, -0.2) is 14.4 Å². The minimum absolute atomic E-state index is 0.258. The summed E-state index contributed by atoms with van der Waals surface area (Å²) in [5, 5.41) is 6.50. The van der Waals surface area contributed by atoms with Crippen LogP contribution < -0.4 is 10.6 Å². The van der Waals surface area contributed by atoms with Crippen LogP contribution in [-0.4, -0.2) is 15.9 Å². The van der Waals surface area contributed by atoms with Gasteiger partial charge in [0.25, 0.3) is 5.91 Å². The van der Waals surface area contributed by atoms with Crippen molar-refractivity contribution in [1.82, 2.24) is 9.97 Å². The first kappa shape index (κ1) is 20.5. The fraction of sp³-hybridized carbons (Fsp3) is 0.0417. The molecule has 0 unspecified atom stereocenters. The molecule has 0 radical (unpaired) electrons. The lowest BCUT2D eigenvalue weighted by molar-refractivity contribution is 0.102. The van der Waals surface area contributed by atoms with Crippen molar-refractivity contribution in [3.8, 4) is 11.1 Å². The Morgan fingerprint density at radius 2 is 1.68 bits per heavy atom. The van der Waals surface area contributed by atoms with Gasteiger partial charge in [-0.1, -0.05) is 35.9 Å². The summed E-state index contributed by atoms with van der Waals surface area (Å²) in [6, 6.07) is 18.6. The average molecular weight is 433 g/mol. The molecule has 0 fully saturated rings. The molecule has 1 aromatic heterocycles. The van der Waals surface area contributed by atoms with E-state index in [-0.39, 0.29) is 11.7 Å². The van der Waals surface area contributed by atoms with Crippen molar-refractivity contribution >= 4 is 34.8 Å². The van der Waals surface area contributed by atoms with Gasteiger partial charge in [0.15, 0.2) is 0 Å². The van der Waals surface area contributed by atoms with E-state index in [0.29, 0.717) is 39.0 Å². The van der Waals surface area contributed by atoms with Crippen molar-refractivity contribution in [3.63, 3.8) is 0 Å². The summed E-state index contributed by atoms with van der Waals surface area (Å²) < 4.78 is 13.4. The van der Waals surface area contributed by atoms with Crippen molar-refractivity contribution in [2.24, 2.45) is 0 Å². The number of benzene rings is 3. The third kappa shape index (κ3) is 5.05. The van der Waals surface area contributed by atoms with Gasteiger partial charge in [0.05, 0.1) is 0 Å². The predicted octanol–water partition coefficient (Wildman–Crippen LogP) is 6.24. The third-order valence-corrected chi connectivity index (χ3v) is 5.03. The Bertz CT molecular complexity index is 1240. The number of carbonyl (C=O) groups excluding carboxylic acids is 1. The molecule has 0 aliphatic rings. The number of halogens is 2. The van der Waals surface area contributed by atoms with Crippen molar-refractivity contribution in [2.45, 2.75) is 6.92 Å². The van der Waals surface area contributed by atoms with Crippen LogP contribution in [0.4, 0.5) is 21.7 Å². The highest BCUT2D eigenvalue weighted by atomic mass is 35.5. The normalized spacial score (nSPS) is 10.5. The lowest BCUT2D eigenvalue weighted by atomic mass is 10.1. The van der Waals surface area contributed by atoms with E-state index < -0.39 is 0 Å². The molecule has 2 N–H and O–H groups in total. The van der Waals surface area contributed by atoms with E-state index >= 15 is 0 Å². The maximum absolute atomic E-state index is 13.4. The molecule has 0 spiro atoms. The molecule has 31 heavy (non-hydrogen) atoms. The van der Waals surface area contributed by atoms with Crippen LogP contribution in [0.3, 0.4) is 0 Å². The molecule has 3 aromatic carbocycles. The Hall–Kier alpha value is -3.77. The molecule has 0 atom stereocenters. The zero-order valence-electron chi connectivity index (χ0n) is 16.6. The number of nitrogens with zero attached hydrogens (tertiary/aromatic N) is 2. The molecular formula is C24H18ClFN4O. The predicted molar refractivity (Wildman–Crippen MR) is 121 cm³/mol. The van der Waals surface area contributed by atoms with Gasteiger partial charge in [0.2, 0.25) is 5.95 Å². The first-order valence-corrected chi connectivity index (χ1v) is 9.88. The number of amides is 1. The van der Waals surface area contributed by atoms with Crippen LogP contribution in [0.5, 0.6) is 0 Å². The molecule has 154 valence electrons. The average Bonchev–Trinajstić information content (AvgIpc) is 2.77. The van der Waals surface area contributed by atoms with E-state index in [0.717, 1.165) is 5.56 Å². The summed E-state index contributed by atoms with van der Waals surface area (Å²) in [5.74, 6) is -0.211. The molecule has 1 heterocycles. The second-order valence-corrected chi connectivity index (χ2v) is 7.34. The Balaban J connectivity index is 1.46. The summed E-state index contributed by atoms with van der Waals surface area (Å²) in [6.45, 7) is 1.90. The van der Waals surface area contributed by atoms with Gasteiger partial charge in [-0.05, 0) is 60.5 Å². The van der Waals surface area contributed by atoms with E-state index in [4.69, 9.17) is 11.6 Å². The SMILES string of the molecule is Cc1ccc(NC(=O)c2cccc(Nc3ncc(-c4cccc(F)c4)cn3)c2)cc1Cl. The van der Waals surface area contributed by atoms with Crippen LogP contribution in [0.25, 0.3) is 11.1 Å². The van der Waals surface area contributed by atoms with E-state index in [9.17, 15) is 9.18 Å². The second kappa shape index (κ2) is 8.93. The summed E-state index contributed by atoms with van der Waals surface area (Å²) in [7, 11) is 0. The van der Waals surface area contributed by atoms with Crippen molar-refractivity contribution < 1.29 is 9.18 Å². The Labute approximate surface area is 184 Å². The van der Waals surface area contributed by atoms with Gasteiger partial charge in [-0.3, -0.25) is 4.79 Å². The molecule has 0 aliphatic heterocycles. The van der Waals surface area contributed by atoms with Crippen molar-refractivity contribution in [2.75, 3.05) is 10.6 Å². The highest BCUT2D eigenvalue weighted by molar-refractivity contribution is 6.31. The number of aromatic nitrogens is 2. The third-order valence-electron chi connectivity index (χ3n) is 4.62. The zero-order chi connectivity index (χ0) is 21.8.